The highest BCUT2D eigenvalue weighted by Gasteiger charge is 2.04. The Morgan fingerprint density at radius 2 is 1.93 bits per heavy atom. The van der Waals surface area contributed by atoms with E-state index in [0.29, 0.717) is 5.82 Å². The molecule has 2 N–H and O–H groups in total. The third kappa shape index (κ3) is 2.91. The molecule has 0 amide bonds. The first kappa shape index (κ1) is 10.8. The van der Waals surface area contributed by atoms with Gasteiger partial charge in [0.25, 0.3) is 0 Å². The molecule has 0 spiro atoms. The van der Waals surface area contributed by atoms with Crippen molar-refractivity contribution in [2.24, 2.45) is 0 Å². The van der Waals surface area contributed by atoms with Crippen LogP contribution in [-0.4, -0.2) is 18.1 Å². The highest BCUT2D eigenvalue weighted by atomic mass is 15.1. The average molecular weight is 193 g/mol. The molecule has 78 valence electrons. The van der Waals surface area contributed by atoms with E-state index in [4.69, 9.17) is 5.73 Å². The fourth-order valence-electron chi connectivity index (χ4n) is 1.54. The summed E-state index contributed by atoms with van der Waals surface area (Å²) in [5.74, 6) is 0.597. The van der Waals surface area contributed by atoms with E-state index >= 15 is 0 Å². The smallest absolute Gasteiger partial charge is 0.125 e. The van der Waals surface area contributed by atoms with Crippen molar-refractivity contribution in [2.45, 2.75) is 26.7 Å². The molecular weight excluding hydrogens is 174 g/mol. The Hall–Kier alpha value is -1.25. The number of aromatic nitrogens is 1. The predicted molar refractivity (Wildman–Crippen MR) is 61.4 cm³/mol. The molecule has 0 radical (unpaired) electrons. The summed E-state index contributed by atoms with van der Waals surface area (Å²) in [6.07, 6.45) is 4.08. The van der Waals surface area contributed by atoms with Gasteiger partial charge in [0.05, 0.1) is 0 Å². The molecule has 0 aliphatic carbocycles. The van der Waals surface area contributed by atoms with Gasteiger partial charge in [0, 0.05) is 31.0 Å². The van der Waals surface area contributed by atoms with Gasteiger partial charge in [-0.1, -0.05) is 13.8 Å². The maximum atomic E-state index is 5.65. The van der Waals surface area contributed by atoms with Crippen LogP contribution >= 0.6 is 0 Å². The van der Waals surface area contributed by atoms with Crippen molar-refractivity contribution in [1.82, 2.24) is 4.98 Å². The molecule has 0 aliphatic rings. The second kappa shape index (κ2) is 5.47. The first-order valence-electron chi connectivity index (χ1n) is 5.24. The van der Waals surface area contributed by atoms with Crippen LogP contribution in [0.25, 0.3) is 0 Å². The van der Waals surface area contributed by atoms with Crippen molar-refractivity contribution in [1.29, 1.82) is 0 Å². The molecule has 0 saturated heterocycles. The zero-order valence-corrected chi connectivity index (χ0v) is 9.03. The minimum Gasteiger partial charge on any atom is -0.384 e. The number of rotatable bonds is 5. The summed E-state index contributed by atoms with van der Waals surface area (Å²) >= 11 is 0. The van der Waals surface area contributed by atoms with E-state index in [-0.39, 0.29) is 0 Å². The fraction of sp³-hybridized carbons (Fsp3) is 0.545. The first-order chi connectivity index (χ1) is 6.77. The van der Waals surface area contributed by atoms with E-state index in [0.717, 1.165) is 25.9 Å². The van der Waals surface area contributed by atoms with Gasteiger partial charge in [-0.2, -0.15) is 0 Å². The van der Waals surface area contributed by atoms with Crippen molar-refractivity contribution < 1.29 is 0 Å². The van der Waals surface area contributed by atoms with Gasteiger partial charge in [-0.25, -0.2) is 4.98 Å². The Morgan fingerprint density at radius 1 is 1.29 bits per heavy atom. The predicted octanol–water partition coefficient (Wildman–Crippen LogP) is 2.29. The third-order valence-corrected chi connectivity index (χ3v) is 2.12. The van der Waals surface area contributed by atoms with Gasteiger partial charge in [-0.05, 0) is 18.9 Å². The van der Waals surface area contributed by atoms with E-state index < -0.39 is 0 Å². The molecule has 1 rings (SSSR count). The minimum absolute atomic E-state index is 0.597. The molecule has 1 heterocycles. The van der Waals surface area contributed by atoms with E-state index in [1.807, 2.05) is 12.1 Å². The van der Waals surface area contributed by atoms with Crippen LogP contribution in [0.3, 0.4) is 0 Å². The standard InChI is InChI=1S/C11H19N3/c1-3-7-14(8-4-2)10-5-6-13-11(12)9-10/h5-6,9H,3-4,7-8H2,1-2H3,(H2,12,13). The lowest BCUT2D eigenvalue weighted by Gasteiger charge is -2.23. The largest absolute Gasteiger partial charge is 0.384 e. The van der Waals surface area contributed by atoms with Gasteiger partial charge in [0.2, 0.25) is 0 Å². The number of hydrogen-bond acceptors (Lipinski definition) is 3. The number of nitrogens with two attached hydrogens (primary N) is 1. The van der Waals surface area contributed by atoms with Gasteiger partial charge >= 0.3 is 0 Å². The molecular formula is C11H19N3. The van der Waals surface area contributed by atoms with Crippen molar-refractivity contribution in [3.05, 3.63) is 18.3 Å². The quantitative estimate of drug-likeness (QED) is 0.780. The minimum atomic E-state index is 0.597. The molecule has 3 nitrogen and oxygen atoms in total. The van der Waals surface area contributed by atoms with Crippen LogP contribution in [-0.2, 0) is 0 Å². The number of nitrogen functional groups attached to an aromatic ring is 1. The molecule has 3 heteroatoms. The Kier molecular flexibility index (Phi) is 4.23. The van der Waals surface area contributed by atoms with Crippen LogP contribution in [0.1, 0.15) is 26.7 Å². The van der Waals surface area contributed by atoms with Crippen LogP contribution in [0.15, 0.2) is 18.3 Å². The lowest BCUT2D eigenvalue weighted by Crippen LogP contribution is -2.24. The average Bonchev–Trinajstić information content (AvgIpc) is 2.17. The zero-order chi connectivity index (χ0) is 10.4. The topological polar surface area (TPSA) is 42.2 Å². The van der Waals surface area contributed by atoms with Crippen LogP contribution in [0.5, 0.6) is 0 Å². The Bertz CT molecular complexity index is 267. The number of pyridine rings is 1. The molecule has 0 atom stereocenters. The second-order valence-corrected chi connectivity index (χ2v) is 3.43. The monoisotopic (exact) mass is 193 g/mol. The van der Waals surface area contributed by atoms with E-state index in [9.17, 15) is 0 Å². The molecule has 0 fully saturated rings. The summed E-state index contributed by atoms with van der Waals surface area (Å²) < 4.78 is 0. The fourth-order valence-corrected chi connectivity index (χ4v) is 1.54. The Morgan fingerprint density at radius 3 is 2.43 bits per heavy atom. The van der Waals surface area contributed by atoms with Crippen molar-refractivity contribution >= 4 is 11.5 Å². The van der Waals surface area contributed by atoms with Crippen LogP contribution in [0.2, 0.25) is 0 Å². The zero-order valence-electron chi connectivity index (χ0n) is 9.03. The highest BCUT2D eigenvalue weighted by Crippen LogP contribution is 2.16. The SMILES string of the molecule is CCCN(CCC)c1ccnc(N)c1. The van der Waals surface area contributed by atoms with Crippen LogP contribution in [0, 0.1) is 0 Å². The van der Waals surface area contributed by atoms with E-state index in [2.05, 4.69) is 23.7 Å². The lowest BCUT2D eigenvalue weighted by molar-refractivity contribution is 0.744. The lowest BCUT2D eigenvalue weighted by atomic mass is 10.3. The molecule has 0 bridgehead atoms. The summed E-state index contributed by atoms with van der Waals surface area (Å²) in [6.45, 7) is 6.54. The molecule has 0 saturated carbocycles. The van der Waals surface area contributed by atoms with Gasteiger partial charge in [0.15, 0.2) is 0 Å². The summed E-state index contributed by atoms with van der Waals surface area (Å²) in [5.41, 5.74) is 6.83. The maximum Gasteiger partial charge on any atom is 0.125 e. The molecule has 0 aliphatic heterocycles. The molecule has 1 aromatic rings. The third-order valence-electron chi connectivity index (χ3n) is 2.12. The summed E-state index contributed by atoms with van der Waals surface area (Å²) in [4.78, 5) is 6.34. The maximum absolute atomic E-state index is 5.65. The number of hydrogen-bond donors (Lipinski definition) is 1. The summed E-state index contributed by atoms with van der Waals surface area (Å²) in [5, 5.41) is 0. The van der Waals surface area contributed by atoms with Crippen molar-refractivity contribution in [3.8, 4) is 0 Å². The number of nitrogens with zero attached hydrogens (tertiary/aromatic N) is 2. The van der Waals surface area contributed by atoms with E-state index in [1.165, 1.54) is 5.69 Å². The molecule has 0 unspecified atom stereocenters. The van der Waals surface area contributed by atoms with E-state index in [1.54, 1.807) is 6.20 Å². The molecule has 0 aromatic carbocycles. The molecule has 1 aromatic heterocycles. The Labute approximate surface area is 85.9 Å². The molecule has 14 heavy (non-hydrogen) atoms. The van der Waals surface area contributed by atoms with Crippen LogP contribution in [0.4, 0.5) is 11.5 Å². The highest BCUT2D eigenvalue weighted by molar-refractivity contribution is 5.51. The summed E-state index contributed by atoms with van der Waals surface area (Å²) in [6, 6.07) is 3.95. The first-order valence-corrected chi connectivity index (χ1v) is 5.24. The van der Waals surface area contributed by atoms with Crippen molar-refractivity contribution in [2.75, 3.05) is 23.7 Å². The Balaban J connectivity index is 2.75. The van der Waals surface area contributed by atoms with Gasteiger partial charge in [0.1, 0.15) is 5.82 Å². The normalized spacial score (nSPS) is 10.1. The van der Waals surface area contributed by atoms with Crippen LogP contribution < -0.4 is 10.6 Å². The van der Waals surface area contributed by atoms with Crippen molar-refractivity contribution in [3.63, 3.8) is 0 Å². The van der Waals surface area contributed by atoms with Gasteiger partial charge in [-0.3, -0.25) is 0 Å². The van der Waals surface area contributed by atoms with Gasteiger partial charge in [-0.15, -0.1) is 0 Å². The summed E-state index contributed by atoms with van der Waals surface area (Å²) in [7, 11) is 0. The van der Waals surface area contributed by atoms with Gasteiger partial charge < -0.3 is 10.6 Å². The second-order valence-electron chi connectivity index (χ2n) is 3.43. The number of anilines is 2.